The molecule has 31 heavy (non-hydrogen) atoms. The summed E-state index contributed by atoms with van der Waals surface area (Å²) >= 11 is 6.03. The Labute approximate surface area is 187 Å². The van der Waals surface area contributed by atoms with Crippen LogP contribution < -0.4 is 15.4 Å². The molecule has 1 amide bonds. The molecule has 3 aromatic rings. The van der Waals surface area contributed by atoms with E-state index in [4.69, 9.17) is 16.3 Å². The molecule has 0 spiro atoms. The number of para-hydroxylation sites is 2. The Morgan fingerprint density at radius 1 is 1.23 bits per heavy atom. The molecule has 0 saturated heterocycles. The van der Waals surface area contributed by atoms with Crippen LogP contribution in [0.4, 0.5) is 5.69 Å². The maximum Gasteiger partial charge on any atom is 0.258 e. The zero-order valence-corrected chi connectivity index (χ0v) is 18.6. The van der Waals surface area contributed by atoms with Crippen molar-refractivity contribution in [1.29, 1.82) is 0 Å². The summed E-state index contributed by atoms with van der Waals surface area (Å²) in [6, 6.07) is 14.2. The maximum atomic E-state index is 12.8. The summed E-state index contributed by atoms with van der Waals surface area (Å²) in [4.78, 5) is 17.4. The van der Waals surface area contributed by atoms with Crippen molar-refractivity contribution in [3.63, 3.8) is 0 Å². The van der Waals surface area contributed by atoms with Crippen LogP contribution in [0, 0.1) is 6.92 Å². The third-order valence-electron chi connectivity index (χ3n) is 4.59. The number of carbonyl (C=O) groups is 1. The van der Waals surface area contributed by atoms with E-state index in [2.05, 4.69) is 27.6 Å². The zero-order valence-electron chi connectivity index (χ0n) is 17.9. The first-order valence-electron chi connectivity index (χ1n) is 10.0. The van der Waals surface area contributed by atoms with Crippen LogP contribution in [-0.4, -0.2) is 28.8 Å². The van der Waals surface area contributed by atoms with Crippen LogP contribution in [-0.2, 0) is 13.1 Å². The lowest BCUT2D eigenvalue weighted by molar-refractivity contribution is 0.0977. The fraction of sp³-hybridized carbons (Fsp3) is 0.261. The third-order valence-corrected chi connectivity index (χ3v) is 4.82. The molecule has 1 aromatic heterocycles. The first-order valence-corrected chi connectivity index (χ1v) is 10.4. The van der Waals surface area contributed by atoms with E-state index in [-0.39, 0.29) is 5.91 Å². The van der Waals surface area contributed by atoms with Crippen LogP contribution in [0.25, 0.3) is 0 Å². The van der Waals surface area contributed by atoms with E-state index in [1.807, 2.05) is 42.1 Å². The van der Waals surface area contributed by atoms with Crippen molar-refractivity contribution in [2.75, 3.05) is 12.4 Å². The van der Waals surface area contributed by atoms with Gasteiger partial charge in [0.05, 0.1) is 25.0 Å². The lowest BCUT2D eigenvalue weighted by atomic mass is 10.2. The van der Waals surface area contributed by atoms with E-state index < -0.39 is 0 Å². The fourth-order valence-corrected chi connectivity index (χ4v) is 3.21. The SMILES string of the molecule is CCCn1cc(CN=C(NC(=O)c2cccc(Cl)c2)Nc2ccccc2OC)c(C)n1. The first kappa shape index (κ1) is 22.4. The van der Waals surface area contributed by atoms with E-state index in [1.165, 1.54) is 0 Å². The van der Waals surface area contributed by atoms with Crippen LogP contribution in [0.2, 0.25) is 5.02 Å². The van der Waals surface area contributed by atoms with Crippen LogP contribution in [0.5, 0.6) is 5.75 Å². The average molecular weight is 440 g/mol. The summed E-state index contributed by atoms with van der Waals surface area (Å²) in [6.45, 7) is 5.27. The van der Waals surface area contributed by atoms with Crippen LogP contribution in [0.15, 0.2) is 59.7 Å². The van der Waals surface area contributed by atoms with Gasteiger partial charge >= 0.3 is 0 Å². The molecule has 0 fully saturated rings. The van der Waals surface area contributed by atoms with Gasteiger partial charge in [-0.05, 0) is 43.7 Å². The average Bonchev–Trinajstić information content (AvgIpc) is 3.11. The zero-order chi connectivity index (χ0) is 22.2. The van der Waals surface area contributed by atoms with Gasteiger partial charge in [-0.2, -0.15) is 5.10 Å². The minimum Gasteiger partial charge on any atom is -0.495 e. The molecular weight excluding hydrogens is 414 g/mol. The topological polar surface area (TPSA) is 80.5 Å². The Hall–Kier alpha value is -3.32. The highest BCUT2D eigenvalue weighted by Gasteiger charge is 2.12. The summed E-state index contributed by atoms with van der Waals surface area (Å²) in [7, 11) is 1.59. The second kappa shape index (κ2) is 10.6. The van der Waals surface area contributed by atoms with Gasteiger partial charge in [-0.3, -0.25) is 14.8 Å². The van der Waals surface area contributed by atoms with E-state index >= 15 is 0 Å². The van der Waals surface area contributed by atoms with Gasteiger partial charge in [-0.15, -0.1) is 0 Å². The number of carbonyl (C=O) groups excluding carboxylic acids is 1. The lowest BCUT2D eigenvalue weighted by Gasteiger charge is -2.14. The van der Waals surface area contributed by atoms with Gasteiger partial charge in [0.15, 0.2) is 0 Å². The van der Waals surface area contributed by atoms with Gasteiger partial charge in [0, 0.05) is 28.9 Å². The Balaban J connectivity index is 1.86. The van der Waals surface area contributed by atoms with Crippen molar-refractivity contribution >= 4 is 29.2 Å². The summed E-state index contributed by atoms with van der Waals surface area (Å²) in [5, 5.41) is 11.0. The third kappa shape index (κ3) is 6.08. The molecule has 0 unspecified atom stereocenters. The minimum atomic E-state index is -0.318. The Bertz CT molecular complexity index is 1080. The Morgan fingerprint density at radius 2 is 2.03 bits per heavy atom. The van der Waals surface area contributed by atoms with Crippen molar-refractivity contribution in [1.82, 2.24) is 15.1 Å². The van der Waals surface area contributed by atoms with Crippen molar-refractivity contribution in [2.45, 2.75) is 33.4 Å². The molecule has 1 heterocycles. The highest BCUT2D eigenvalue weighted by Crippen LogP contribution is 2.23. The van der Waals surface area contributed by atoms with Crippen LogP contribution in [0.1, 0.15) is 35.0 Å². The number of benzene rings is 2. The van der Waals surface area contributed by atoms with Crippen LogP contribution in [0.3, 0.4) is 0 Å². The van der Waals surface area contributed by atoms with E-state index in [0.717, 1.165) is 24.2 Å². The molecule has 2 aromatic carbocycles. The van der Waals surface area contributed by atoms with E-state index in [1.54, 1.807) is 31.4 Å². The normalized spacial score (nSPS) is 11.3. The number of ether oxygens (including phenoxy) is 1. The molecule has 7 nitrogen and oxygen atoms in total. The molecule has 162 valence electrons. The highest BCUT2D eigenvalue weighted by atomic mass is 35.5. The molecule has 0 saturated carbocycles. The van der Waals surface area contributed by atoms with Crippen molar-refractivity contribution in [3.8, 4) is 5.75 Å². The molecule has 0 bridgehead atoms. The lowest BCUT2D eigenvalue weighted by Crippen LogP contribution is -2.36. The van der Waals surface area contributed by atoms with Crippen molar-refractivity contribution in [2.24, 2.45) is 4.99 Å². The number of hydrogen-bond donors (Lipinski definition) is 2. The second-order valence-corrected chi connectivity index (χ2v) is 7.39. The molecule has 0 radical (unpaired) electrons. The first-order chi connectivity index (χ1) is 15.0. The molecule has 0 aliphatic heterocycles. The van der Waals surface area contributed by atoms with Crippen molar-refractivity contribution in [3.05, 3.63) is 76.6 Å². The molecule has 8 heteroatoms. The van der Waals surface area contributed by atoms with Gasteiger partial charge in [-0.25, -0.2) is 4.99 Å². The second-order valence-electron chi connectivity index (χ2n) is 6.96. The fourth-order valence-electron chi connectivity index (χ4n) is 3.02. The summed E-state index contributed by atoms with van der Waals surface area (Å²) in [6.07, 6.45) is 2.99. The summed E-state index contributed by atoms with van der Waals surface area (Å²) < 4.78 is 7.32. The molecule has 3 rings (SSSR count). The van der Waals surface area contributed by atoms with Gasteiger partial charge in [0.25, 0.3) is 5.91 Å². The van der Waals surface area contributed by atoms with Crippen molar-refractivity contribution < 1.29 is 9.53 Å². The predicted molar refractivity (Wildman–Crippen MR) is 124 cm³/mol. The molecule has 0 aliphatic rings. The standard InChI is InChI=1S/C23H26ClN5O2/c1-4-12-29-15-18(16(2)28-29)14-25-23(26-20-10-5-6-11-21(20)31-3)27-22(30)17-8-7-9-19(24)13-17/h5-11,13,15H,4,12,14H2,1-3H3,(H2,25,26,27,30). The smallest absolute Gasteiger partial charge is 0.258 e. The number of anilines is 1. The summed E-state index contributed by atoms with van der Waals surface area (Å²) in [5.74, 6) is 0.623. The number of guanidine groups is 1. The number of aliphatic imine (C=N–C) groups is 1. The number of nitrogens with zero attached hydrogens (tertiary/aromatic N) is 3. The maximum absolute atomic E-state index is 12.8. The number of hydrogen-bond acceptors (Lipinski definition) is 4. The minimum absolute atomic E-state index is 0.303. The number of rotatable bonds is 7. The predicted octanol–water partition coefficient (Wildman–Crippen LogP) is 4.66. The highest BCUT2D eigenvalue weighted by molar-refractivity contribution is 6.31. The molecule has 0 atom stereocenters. The number of aryl methyl sites for hydroxylation is 2. The number of nitrogens with one attached hydrogen (secondary N) is 2. The van der Waals surface area contributed by atoms with Gasteiger partial charge in [-0.1, -0.05) is 36.7 Å². The van der Waals surface area contributed by atoms with E-state index in [0.29, 0.717) is 34.5 Å². The quantitative estimate of drug-likeness (QED) is 0.414. The number of methoxy groups -OCH3 is 1. The Kier molecular flexibility index (Phi) is 7.67. The summed E-state index contributed by atoms with van der Waals surface area (Å²) in [5.41, 5.74) is 3.03. The number of aromatic nitrogens is 2. The van der Waals surface area contributed by atoms with Gasteiger partial charge in [0.1, 0.15) is 5.75 Å². The number of amides is 1. The number of halogens is 1. The van der Waals surface area contributed by atoms with Crippen LogP contribution >= 0.6 is 11.6 Å². The molecular formula is C23H26ClN5O2. The largest absolute Gasteiger partial charge is 0.495 e. The van der Waals surface area contributed by atoms with Gasteiger partial charge < -0.3 is 10.1 Å². The Morgan fingerprint density at radius 3 is 2.77 bits per heavy atom. The van der Waals surface area contributed by atoms with E-state index in [9.17, 15) is 4.79 Å². The molecule has 2 N–H and O–H groups in total. The monoisotopic (exact) mass is 439 g/mol. The molecule has 0 aliphatic carbocycles. The van der Waals surface area contributed by atoms with Gasteiger partial charge in [0.2, 0.25) is 5.96 Å².